The summed E-state index contributed by atoms with van der Waals surface area (Å²) in [5, 5.41) is 13.6. The quantitative estimate of drug-likeness (QED) is 0.630. The molecule has 1 aromatic carbocycles. The largest absolute Gasteiger partial charge is 0.507 e. The summed E-state index contributed by atoms with van der Waals surface area (Å²) in [5.41, 5.74) is 2.46. The summed E-state index contributed by atoms with van der Waals surface area (Å²) in [5.74, 6) is -0.380. The molecule has 86 valence electrons. The van der Waals surface area contributed by atoms with Crippen LogP contribution in [-0.4, -0.2) is 17.2 Å². The summed E-state index contributed by atoms with van der Waals surface area (Å²) < 4.78 is 0. The lowest BCUT2D eigenvalue weighted by Crippen LogP contribution is -2.18. The van der Waals surface area contributed by atoms with Crippen molar-refractivity contribution in [3.63, 3.8) is 0 Å². The summed E-state index contributed by atoms with van der Waals surface area (Å²) >= 11 is 5.65. The highest BCUT2D eigenvalue weighted by molar-refractivity contribution is 6.30. The Bertz CT molecular complexity index is 416. The second-order valence-corrected chi connectivity index (χ2v) is 4.06. The van der Waals surface area contributed by atoms with E-state index < -0.39 is 5.91 Å². The zero-order valence-electron chi connectivity index (χ0n) is 9.07. The number of carbonyl (C=O) groups excluding carboxylic acids is 1. The van der Waals surface area contributed by atoms with Crippen molar-refractivity contribution in [3.8, 4) is 5.75 Å². The first-order valence-electron chi connectivity index (χ1n) is 4.82. The maximum absolute atomic E-state index is 11.5. The van der Waals surface area contributed by atoms with E-state index in [9.17, 15) is 9.90 Å². The molecule has 4 nitrogen and oxygen atoms in total. The first kappa shape index (κ1) is 12.5. The number of amides is 1. The Morgan fingerprint density at radius 3 is 2.81 bits per heavy atom. The number of aromatic hydroxyl groups is 1. The predicted octanol–water partition coefficient (Wildman–Crippen LogP) is 2.42. The molecule has 1 amide bonds. The summed E-state index contributed by atoms with van der Waals surface area (Å²) in [7, 11) is 0. The minimum atomic E-state index is -0.467. The van der Waals surface area contributed by atoms with E-state index in [0.29, 0.717) is 5.02 Å². The van der Waals surface area contributed by atoms with Crippen LogP contribution < -0.4 is 5.43 Å². The van der Waals surface area contributed by atoms with Crippen LogP contribution in [0, 0.1) is 5.92 Å². The highest BCUT2D eigenvalue weighted by atomic mass is 35.5. The summed E-state index contributed by atoms with van der Waals surface area (Å²) in [6.07, 6.45) is 1.60. The maximum atomic E-state index is 11.5. The Kier molecular flexibility index (Phi) is 4.31. The Balaban J connectivity index is 2.74. The van der Waals surface area contributed by atoms with Gasteiger partial charge in [0.05, 0.1) is 5.56 Å². The average Bonchev–Trinajstić information content (AvgIpc) is 2.16. The molecular weight excluding hydrogens is 228 g/mol. The first-order valence-corrected chi connectivity index (χ1v) is 5.20. The summed E-state index contributed by atoms with van der Waals surface area (Å²) in [6.45, 7) is 3.88. The number of nitrogens with zero attached hydrogens (tertiary/aromatic N) is 1. The predicted molar refractivity (Wildman–Crippen MR) is 63.9 cm³/mol. The molecule has 0 atom stereocenters. The molecule has 1 aromatic rings. The van der Waals surface area contributed by atoms with Gasteiger partial charge in [0.2, 0.25) is 0 Å². The molecule has 0 unspecified atom stereocenters. The third kappa shape index (κ3) is 3.55. The van der Waals surface area contributed by atoms with Crippen LogP contribution >= 0.6 is 11.6 Å². The number of hydrazone groups is 1. The zero-order valence-corrected chi connectivity index (χ0v) is 9.82. The van der Waals surface area contributed by atoms with Gasteiger partial charge in [0.15, 0.2) is 0 Å². The molecule has 2 N–H and O–H groups in total. The van der Waals surface area contributed by atoms with Crippen LogP contribution in [0.3, 0.4) is 0 Å². The van der Waals surface area contributed by atoms with Crippen molar-refractivity contribution in [1.29, 1.82) is 0 Å². The second-order valence-electron chi connectivity index (χ2n) is 3.62. The Morgan fingerprint density at radius 2 is 2.25 bits per heavy atom. The topological polar surface area (TPSA) is 61.7 Å². The number of phenols is 1. The van der Waals surface area contributed by atoms with Gasteiger partial charge in [-0.3, -0.25) is 4.79 Å². The van der Waals surface area contributed by atoms with Crippen LogP contribution in [-0.2, 0) is 0 Å². The molecule has 0 heterocycles. The first-order chi connectivity index (χ1) is 7.50. The van der Waals surface area contributed by atoms with Crippen molar-refractivity contribution in [2.24, 2.45) is 11.0 Å². The molecule has 0 aromatic heterocycles. The lowest BCUT2D eigenvalue weighted by molar-refractivity contribution is 0.0952. The molecule has 0 spiro atoms. The van der Waals surface area contributed by atoms with Gasteiger partial charge in [0.25, 0.3) is 5.91 Å². The van der Waals surface area contributed by atoms with Crippen LogP contribution in [0.5, 0.6) is 5.75 Å². The molecule has 0 aliphatic rings. The number of hydrogen-bond donors (Lipinski definition) is 2. The van der Waals surface area contributed by atoms with Gasteiger partial charge in [0.1, 0.15) is 5.75 Å². The monoisotopic (exact) mass is 240 g/mol. The van der Waals surface area contributed by atoms with Gasteiger partial charge in [-0.2, -0.15) is 5.10 Å². The molecule has 5 heteroatoms. The number of nitrogens with one attached hydrogen (secondary N) is 1. The van der Waals surface area contributed by atoms with Gasteiger partial charge in [0, 0.05) is 11.2 Å². The molecule has 0 bridgehead atoms. The second kappa shape index (κ2) is 5.51. The van der Waals surface area contributed by atoms with Crippen molar-refractivity contribution in [1.82, 2.24) is 5.43 Å². The van der Waals surface area contributed by atoms with Gasteiger partial charge in [-0.25, -0.2) is 5.43 Å². The van der Waals surface area contributed by atoms with Crippen molar-refractivity contribution in [2.45, 2.75) is 13.8 Å². The van der Waals surface area contributed by atoms with Crippen LogP contribution in [0.2, 0.25) is 5.02 Å². The number of benzene rings is 1. The third-order valence-corrected chi connectivity index (χ3v) is 1.98. The highest BCUT2D eigenvalue weighted by Gasteiger charge is 2.10. The van der Waals surface area contributed by atoms with Crippen LogP contribution in [0.15, 0.2) is 23.3 Å². The Hall–Kier alpha value is -1.55. The smallest absolute Gasteiger partial charge is 0.275 e. The van der Waals surface area contributed by atoms with Crippen molar-refractivity contribution < 1.29 is 9.90 Å². The van der Waals surface area contributed by atoms with Crippen molar-refractivity contribution in [2.75, 3.05) is 0 Å². The van der Waals surface area contributed by atoms with E-state index in [4.69, 9.17) is 11.6 Å². The van der Waals surface area contributed by atoms with E-state index in [1.807, 2.05) is 13.8 Å². The SMILES string of the molecule is CC(C)/C=N\NC(=O)c1ccc(Cl)cc1O. The summed E-state index contributed by atoms with van der Waals surface area (Å²) in [6, 6.07) is 4.28. The lowest BCUT2D eigenvalue weighted by atomic mass is 10.2. The molecule has 0 aliphatic heterocycles. The van der Waals surface area contributed by atoms with E-state index >= 15 is 0 Å². The molecule has 0 aliphatic carbocycles. The minimum Gasteiger partial charge on any atom is -0.507 e. The number of rotatable bonds is 3. The average molecular weight is 241 g/mol. The van der Waals surface area contributed by atoms with E-state index in [1.165, 1.54) is 18.2 Å². The van der Waals surface area contributed by atoms with Gasteiger partial charge in [-0.15, -0.1) is 0 Å². The molecule has 0 fully saturated rings. The molecule has 0 saturated heterocycles. The van der Waals surface area contributed by atoms with Crippen molar-refractivity contribution in [3.05, 3.63) is 28.8 Å². The zero-order chi connectivity index (χ0) is 12.1. The highest BCUT2D eigenvalue weighted by Crippen LogP contribution is 2.21. The summed E-state index contributed by atoms with van der Waals surface area (Å²) in [4.78, 5) is 11.5. The molecular formula is C11H13ClN2O2. The molecule has 0 radical (unpaired) electrons. The van der Waals surface area contributed by atoms with Gasteiger partial charge < -0.3 is 5.11 Å². The third-order valence-electron chi connectivity index (χ3n) is 1.74. The van der Waals surface area contributed by atoms with E-state index in [0.717, 1.165) is 0 Å². The number of hydrogen-bond acceptors (Lipinski definition) is 3. The molecule has 1 rings (SSSR count). The maximum Gasteiger partial charge on any atom is 0.275 e. The van der Waals surface area contributed by atoms with E-state index in [1.54, 1.807) is 6.21 Å². The van der Waals surface area contributed by atoms with Gasteiger partial charge in [-0.05, 0) is 24.1 Å². The van der Waals surface area contributed by atoms with E-state index in [-0.39, 0.29) is 17.2 Å². The minimum absolute atomic E-state index is 0.144. The normalized spacial score (nSPS) is 11.0. The van der Waals surface area contributed by atoms with Crippen molar-refractivity contribution >= 4 is 23.7 Å². The number of carbonyl (C=O) groups is 1. The van der Waals surface area contributed by atoms with E-state index in [2.05, 4.69) is 10.5 Å². The Morgan fingerprint density at radius 1 is 1.56 bits per heavy atom. The molecule has 16 heavy (non-hydrogen) atoms. The fourth-order valence-electron chi connectivity index (χ4n) is 1.00. The Labute approximate surface area is 98.9 Å². The van der Waals surface area contributed by atoms with Crippen LogP contribution in [0.25, 0.3) is 0 Å². The fraction of sp³-hybridized carbons (Fsp3) is 0.273. The van der Waals surface area contributed by atoms with Gasteiger partial charge >= 0.3 is 0 Å². The van der Waals surface area contributed by atoms with Gasteiger partial charge in [-0.1, -0.05) is 25.4 Å². The van der Waals surface area contributed by atoms with Crippen LogP contribution in [0.4, 0.5) is 0 Å². The number of phenolic OH excluding ortho intramolecular Hbond substituents is 1. The molecule has 0 saturated carbocycles. The standard InChI is InChI=1S/C11H13ClN2O2/c1-7(2)6-13-14-11(16)9-4-3-8(12)5-10(9)15/h3-7,15H,1-2H3,(H,14,16)/b13-6-. The van der Waals surface area contributed by atoms with Crippen LogP contribution in [0.1, 0.15) is 24.2 Å². The number of halogens is 1. The lowest BCUT2D eigenvalue weighted by Gasteiger charge is -2.03. The fourth-order valence-corrected chi connectivity index (χ4v) is 1.17.